The molecule has 21 heavy (non-hydrogen) atoms. The van der Waals surface area contributed by atoms with Gasteiger partial charge in [-0.2, -0.15) is 0 Å². The Bertz CT molecular complexity index is 450. The number of benzene rings is 1. The summed E-state index contributed by atoms with van der Waals surface area (Å²) < 4.78 is 1.08. The number of para-hydroxylation sites is 1. The maximum Gasteiger partial charge on any atom is 0.238 e. The Morgan fingerprint density at radius 3 is 2.62 bits per heavy atom. The Morgan fingerprint density at radius 2 is 2.00 bits per heavy atom. The minimum absolute atomic E-state index is 0. The molecule has 0 spiro atoms. The molecule has 1 aliphatic heterocycles. The number of amides is 1. The van der Waals surface area contributed by atoms with Crippen molar-refractivity contribution in [3.63, 3.8) is 0 Å². The highest BCUT2D eigenvalue weighted by Crippen LogP contribution is 2.18. The Hall–Kier alpha value is -0.370. The predicted molar refractivity (Wildman–Crippen MR) is 98.1 cm³/mol. The minimum Gasteiger partial charge on any atom is -0.324 e. The lowest BCUT2D eigenvalue weighted by molar-refractivity contribution is -0.117. The normalized spacial score (nSPS) is 16.3. The molecule has 0 bridgehead atoms. The van der Waals surface area contributed by atoms with Crippen LogP contribution in [0, 0.1) is 9.49 Å². The van der Waals surface area contributed by atoms with Crippen LogP contribution < -0.4 is 10.6 Å². The third-order valence-electron chi connectivity index (χ3n) is 3.72. The number of piperidine rings is 1. The quantitative estimate of drug-likeness (QED) is 0.716. The molecule has 0 aromatic heterocycles. The smallest absolute Gasteiger partial charge is 0.238 e. The van der Waals surface area contributed by atoms with Crippen molar-refractivity contribution in [1.29, 1.82) is 0 Å². The Labute approximate surface area is 146 Å². The molecular formula is C15H23ClIN3O. The van der Waals surface area contributed by atoms with Gasteiger partial charge in [0.15, 0.2) is 0 Å². The molecule has 0 aliphatic carbocycles. The van der Waals surface area contributed by atoms with Crippen LogP contribution in [0.5, 0.6) is 0 Å². The molecule has 118 valence electrons. The molecule has 1 aromatic rings. The van der Waals surface area contributed by atoms with Crippen LogP contribution in [-0.2, 0) is 4.79 Å². The molecule has 1 amide bonds. The van der Waals surface area contributed by atoms with Crippen molar-refractivity contribution in [1.82, 2.24) is 10.2 Å². The van der Waals surface area contributed by atoms with Gasteiger partial charge in [0.05, 0.1) is 12.2 Å². The first kappa shape index (κ1) is 18.7. The molecule has 0 radical (unpaired) electrons. The van der Waals surface area contributed by atoms with Gasteiger partial charge >= 0.3 is 0 Å². The van der Waals surface area contributed by atoms with E-state index in [4.69, 9.17) is 0 Å². The number of rotatable bonds is 5. The van der Waals surface area contributed by atoms with E-state index in [2.05, 4.69) is 38.1 Å². The summed E-state index contributed by atoms with van der Waals surface area (Å²) in [5, 5.41) is 6.23. The summed E-state index contributed by atoms with van der Waals surface area (Å²) in [5.41, 5.74) is 0.906. The van der Waals surface area contributed by atoms with Crippen molar-refractivity contribution >= 4 is 46.6 Å². The number of likely N-dealkylation sites (tertiary alicyclic amines) is 1. The number of hydrogen-bond acceptors (Lipinski definition) is 3. The van der Waals surface area contributed by atoms with Gasteiger partial charge in [-0.05, 0) is 80.2 Å². The minimum atomic E-state index is 0. The first-order valence-electron chi connectivity index (χ1n) is 7.10. The van der Waals surface area contributed by atoms with Crippen LogP contribution in [0.3, 0.4) is 0 Å². The molecule has 0 unspecified atom stereocenters. The molecule has 2 rings (SSSR count). The summed E-state index contributed by atoms with van der Waals surface area (Å²) in [6.07, 6.45) is 2.36. The molecule has 0 atom stereocenters. The molecule has 2 N–H and O–H groups in total. The summed E-state index contributed by atoms with van der Waals surface area (Å²) in [7, 11) is 2.00. The zero-order chi connectivity index (χ0) is 14.4. The van der Waals surface area contributed by atoms with Crippen LogP contribution in [0.2, 0.25) is 0 Å². The average molecular weight is 424 g/mol. The van der Waals surface area contributed by atoms with E-state index in [0.717, 1.165) is 34.8 Å². The molecule has 4 nitrogen and oxygen atoms in total. The highest BCUT2D eigenvalue weighted by molar-refractivity contribution is 14.1. The number of nitrogens with one attached hydrogen (secondary N) is 2. The number of anilines is 1. The van der Waals surface area contributed by atoms with E-state index in [1.54, 1.807) is 0 Å². The molecule has 1 aliphatic rings. The third-order valence-corrected chi connectivity index (χ3v) is 4.66. The maximum absolute atomic E-state index is 12.1. The van der Waals surface area contributed by atoms with E-state index in [1.807, 2.05) is 31.3 Å². The van der Waals surface area contributed by atoms with Gasteiger partial charge in [0.1, 0.15) is 0 Å². The molecule has 1 heterocycles. The highest BCUT2D eigenvalue weighted by Gasteiger charge is 2.20. The number of carbonyl (C=O) groups is 1. The van der Waals surface area contributed by atoms with Crippen molar-refractivity contribution in [3.05, 3.63) is 27.8 Å². The second-order valence-corrected chi connectivity index (χ2v) is 6.47. The van der Waals surface area contributed by atoms with Gasteiger partial charge in [-0.25, -0.2) is 0 Å². The van der Waals surface area contributed by atoms with Crippen LogP contribution >= 0.6 is 35.0 Å². The van der Waals surface area contributed by atoms with Gasteiger partial charge in [0.25, 0.3) is 0 Å². The van der Waals surface area contributed by atoms with Gasteiger partial charge in [-0.15, -0.1) is 12.4 Å². The molecule has 0 saturated carbocycles. The Kier molecular flexibility index (Phi) is 8.55. The summed E-state index contributed by atoms with van der Waals surface area (Å²) >= 11 is 2.24. The topological polar surface area (TPSA) is 44.4 Å². The van der Waals surface area contributed by atoms with Gasteiger partial charge in [0.2, 0.25) is 5.91 Å². The summed E-state index contributed by atoms with van der Waals surface area (Å²) in [5.74, 6) is 0.843. The van der Waals surface area contributed by atoms with Crippen molar-refractivity contribution in [2.24, 2.45) is 5.92 Å². The standard InChI is InChI=1S/C15H22IN3O.ClH/c1-17-10-12-6-8-19(9-7-12)11-15(20)18-14-5-3-2-4-13(14)16;/h2-5,12,17H,6-11H2,1H3,(H,18,20);1H. The summed E-state index contributed by atoms with van der Waals surface area (Å²) in [4.78, 5) is 14.3. The number of hydrogen-bond donors (Lipinski definition) is 2. The molecule has 1 fully saturated rings. The second-order valence-electron chi connectivity index (χ2n) is 5.31. The predicted octanol–water partition coefficient (Wildman–Crippen LogP) is 2.58. The number of halogens is 2. The summed E-state index contributed by atoms with van der Waals surface area (Å²) in [6, 6.07) is 7.86. The largest absolute Gasteiger partial charge is 0.324 e. The fraction of sp³-hybridized carbons (Fsp3) is 0.533. The van der Waals surface area contributed by atoms with Gasteiger partial charge in [0, 0.05) is 3.57 Å². The monoisotopic (exact) mass is 423 g/mol. The SMILES string of the molecule is CNCC1CCN(CC(=O)Nc2ccccc2I)CC1.Cl. The van der Waals surface area contributed by atoms with E-state index < -0.39 is 0 Å². The van der Waals surface area contributed by atoms with Gasteiger partial charge in [-0.1, -0.05) is 12.1 Å². The van der Waals surface area contributed by atoms with Gasteiger partial charge in [-0.3, -0.25) is 9.69 Å². The Morgan fingerprint density at radius 1 is 1.33 bits per heavy atom. The van der Waals surface area contributed by atoms with Crippen molar-refractivity contribution < 1.29 is 4.79 Å². The van der Waals surface area contributed by atoms with Crippen LogP contribution in [0.1, 0.15) is 12.8 Å². The molecule has 1 aromatic carbocycles. The average Bonchev–Trinajstić information content (AvgIpc) is 2.44. The maximum atomic E-state index is 12.1. The van der Waals surface area contributed by atoms with Crippen LogP contribution in [0.15, 0.2) is 24.3 Å². The zero-order valence-electron chi connectivity index (χ0n) is 12.3. The van der Waals surface area contributed by atoms with Gasteiger partial charge < -0.3 is 10.6 Å². The second kappa shape index (κ2) is 9.61. The first-order valence-corrected chi connectivity index (χ1v) is 8.18. The first-order chi connectivity index (χ1) is 9.69. The highest BCUT2D eigenvalue weighted by atomic mass is 127. The van der Waals surface area contributed by atoms with E-state index in [-0.39, 0.29) is 18.3 Å². The van der Waals surface area contributed by atoms with E-state index in [9.17, 15) is 4.79 Å². The number of nitrogens with zero attached hydrogens (tertiary/aromatic N) is 1. The molecular weight excluding hydrogens is 401 g/mol. The van der Waals surface area contributed by atoms with Crippen molar-refractivity contribution in [3.8, 4) is 0 Å². The third kappa shape index (κ3) is 6.10. The lowest BCUT2D eigenvalue weighted by Gasteiger charge is -2.31. The lowest BCUT2D eigenvalue weighted by Crippen LogP contribution is -2.40. The van der Waals surface area contributed by atoms with Crippen molar-refractivity contribution in [2.75, 3.05) is 38.5 Å². The van der Waals surface area contributed by atoms with Crippen LogP contribution in [0.4, 0.5) is 5.69 Å². The molecule has 6 heteroatoms. The van der Waals surface area contributed by atoms with Crippen LogP contribution in [-0.4, -0.2) is 44.0 Å². The Balaban J connectivity index is 0.00000220. The molecule has 1 saturated heterocycles. The van der Waals surface area contributed by atoms with E-state index in [0.29, 0.717) is 6.54 Å². The fourth-order valence-electron chi connectivity index (χ4n) is 2.59. The summed E-state index contributed by atoms with van der Waals surface area (Å²) in [6.45, 7) is 3.62. The zero-order valence-corrected chi connectivity index (χ0v) is 15.2. The van der Waals surface area contributed by atoms with Crippen LogP contribution in [0.25, 0.3) is 0 Å². The van der Waals surface area contributed by atoms with E-state index >= 15 is 0 Å². The lowest BCUT2D eigenvalue weighted by atomic mass is 9.97. The number of carbonyl (C=O) groups excluding carboxylic acids is 1. The van der Waals surface area contributed by atoms with E-state index in [1.165, 1.54) is 12.8 Å². The van der Waals surface area contributed by atoms with Crippen molar-refractivity contribution in [2.45, 2.75) is 12.8 Å². The fourth-order valence-corrected chi connectivity index (χ4v) is 3.11.